The van der Waals surface area contributed by atoms with E-state index in [-0.39, 0.29) is 29.2 Å². The van der Waals surface area contributed by atoms with E-state index in [4.69, 9.17) is 11.6 Å². The van der Waals surface area contributed by atoms with Gasteiger partial charge in [-0.3, -0.25) is 19.5 Å². The van der Waals surface area contributed by atoms with Gasteiger partial charge in [-0.2, -0.15) is 0 Å². The molecule has 2 aromatic heterocycles. The molecule has 0 unspecified atom stereocenters. The maximum atomic E-state index is 14.5. The number of H-pyrrole nitrogens is 1. The normalized spacial score (nSPS) is 14.0. The molecule has 34 heavy (non-hydrogen) atoms. The average Bonchev–Trinajstić information content (AvgIpc) is 3.29. The van der Waals surface area contributed by atoms with Crippen molar-refractivity contribution in [3.8, 4) is 11.1 Å². The number of ketones is 1. The molecule has 0 saturated carbocycles. The van der Waals surface area contributed by atoms with Gasteiger partial charge in [-0.25, -0.2) is 4.39 Å². The SMILES string of the molecule is CC(C)c1[nH]c(=O)c(-c2cc(Cl)ccc2F)cc1Nc1ccnc(CC(=O)CN2CCCC2)c1. The number of nitrogens with one attached hydrogen (secondary N) is 2. The standard InChI is InChI=1S/C26H28ClFN4O2/c1-16(2)25-24(14-22(26(34)31-25)21-11-17(27)5-6-23(21)28)30-18-7-8-29-19(12-18)13-20(33)15-32-9-3-4-10-32/h5-8,11-12,14,16H,3-4,9-10,13,15H2,1-2H3,(H,29,30)(H,31,34). The summed E-state index contributed by atoms with van der Waals surface area (Å²) in [6.45, 7) is 6.32. The Morgan fingerprint density at radius 3 is 2.68 bits per heavy atom. The number of rotatable bonds is 8. The second-order valence-corrected chi connectivity index (χ2v) is 9.41. The Morgan fingerprint density at radius 2 is 1.94 bits per heavy atom. The van der Waals surface area contributed by atoms with Crippen molar-refractivity contribution in [2.75, 3.05) is 25.0 Å². The highest BCUT2D eigenvalue weighted by molar-refractivity contribution is 6.30. The highest BCUT2D eigenvalue weighted by Gasteiger charge is 2.18. The summed E-state index contributed by atoms with van der Waals surface area (Å²) in [5, 5.41) is 3.67. The summed E-state index contributed by atoms with van der Waals surface area (Å²) in [5.41, 5.74) is 2.66. The zero-order valence-corrected chi connectivity index (χ0v) is 20.1. The fourth-order valence-electron chi connectivity index (χ4n) is 4.26. The second-order valence-electron chi connectivity index (χ2n) is 8.98. The largest absolute Gasteiger partial charge is 0.354 e. The number of benzene rings is 1. The van der Waals surface area contributed by atoms with Gasteiger partial charge in [0.25, 0.3) is 5.56 Å². The molecule has 0 aliphatic carbocycles. The second kappa shape index (κ2) is 10.5. The van der Waals surface area contributed by atoms with E-state index < -0.39 is 11.4 Å². The summed E-state index contributed by atoms with van der Waals surface area (Å²) in [5.74, 6) is -0.380. The predicted molar refractivity (Wildman–Crippen MR) is 133 cm³/mol. The van der Waals surface area contributed by atoms with E-state index in [0.29, 0.717) is 28.6 Å². The van der Waals surface area contributed by atoms with Crippen molar-refractivity contribution >= 4 is 28.8 Å². The number of aromatic amines is 1. The van der Waals surface area contributed by atoms with Crippen LogP contribution in [-0.4, -0.2) is 40.3 Å². The number of nitrogens with zero attached hydrogens (tertiary/aromatic N) is 2. The van der Waals surface area contributed by atoms with Gasteiger partial charge in [-0.05, 0) is 68.2 Å². The fraction of sp³-hybridized carbons (Fsp3) is 0.346. The molecule has 1 aromatic carbocycles. The molecule has 3 heterocycles. The highest BCUT2D eigenvalue weighted by atomic mass is 35.5. The van der Waals surface area contributed by atoms with E-state index in [1.165, 1.54) is 18.2 Å². The molecule has 3 aromatic rings. The monoisotopic (exact) mass is 482 g/mol. The average molecular weight is 483 g/mol. The maximum absolute atomic E-state index is 14.5. The third-order valence-electron chi connectivity index (χ3n) is 5.94. The van der Waals surface area contributed by atoms with Gasteiger partial charge in [0.05, 0.1) is 24.2 Å². The number of anilines is 2. The molecule has 0 amide bonds. The van der Waals surface area contributed by atoms with Gasteiger partial charge in [0, 0.05) is 33.9 Å². The number of aromatic nitrogens is 2. The number of pyridine rings is 2. The molecule has 178 valence electrons. The zero-order valence-electron chi connectivity index (χ0n) is 19.3. The molecule has 6 nitrogen and oxygen atoms in total. The van der Waals surface area contributed by atoms with Crippen LogP contribution in [0.4, 0.5) is 15.8 Å². The van der Waals surface area contributed by atoms with Crippen molar-refractivity contribution in [3.05, 3.63) is 75.2 Å². The Kier molecular flexibility index (Phi) is 7.44. The van der Waals surface area contributed by atoms with Gasteiger partial charge in [-0.15, -0.1) is 0 Å². The number of hydrogen-bond donors (Lipinski definition) is 2. The van der Waals surface area contributed by atoms with Gasteiger partial charge >= 0.3 is 0 Å². The summed E-state index contributed by atoms with van der Waals surface area (Å²) in [6.07, 6.45) is 4.19. The highest BCUT2D eigenvalue weighted by Crippen LogP contribution is 2.30. The van der Waals surface area contributed by atoms with Crippen LogP contribution < -0.4 is 10.9 Å². The Morgan fingerprint density at radius 1 is 1.18 bits per heavy atom. The molecule has 8 heteroatoms. The predicted octanol–water partition coefficient (Wildman–Crippen LogP) is 5.30. The molecule has 0 atom stereocenters. The Labute approximate surface area is 203 Å². The van der Waals surface area contributed by atoms with E-state index in [1.807, 2.05) is 19.9 Å². The van der Waals surface area contributed by atoms with Gasteiger partial charge in [-0.1, -0.05) is 25.4 Å². The lowest BCUT2D eigenvalue weighted by molar-refractivity contribution is -0.119. The van der Waals surface area contributed by atoms with Crippen LogP contribution in [0.25, 0.3) is 11.1 Å². The first-order valence-electron chi connectivity index (χ1n) is 11.5. The number of halogens is 2. The molecule has 0 bridgehead atoms. The van der Waals surface area contributed by atoms with E-state index in [2.05, 4.69) is 20.2 Å². The van der Waals surface area contributed by atoms with Crippen LogP contribution in [0.3, 0.4) is 0 Å². The smallest absolute Gasteiger partial charge is 0.256 e. The number of carbonyl (C=O) groups excluding carboxylic acids is 1. The molecule has 1 aliphatic heterocycles. The van der Waals surface area contributed by atoms with Crippen molar-refractivity contribution in [2.45, 2.75) is 39.0 Å². The van der Waals surface area contributed by atoms with Crippen LogP contribution in [0, 0.1) is 5.82 Å². The van der Waals surface area contributed by atoms with Crippen LogP contribution in [0.5, 0.6) is 0 Å². The van der Waals surface area contributed by atoms with Crippen LogP contribution in [0.15, 0.2) is 47.4 Å². The van der Waals surface area contributed by atoms with Crippen molar-refractivity contribution in [3.63, 3.8) is 0 Å². The van der Waals surface area contributed by atoms with Gasteiger partial charge in [0.2, 0.25) is 0 Å². The van der Waals surface area contributed by atoms with Gasteiger partial charge in [0.15, 0.2) is 5.78 Å². The molecule has 1 aliphatic rings. The zero-order chi connectivity index (χ0) is 24.2. The summed E-state index contributed by atoms with van der Waals surface area (Å²) < 4.78 is 14.5. The third kappa shape index (κ3) is 5.72. The Balaban J connectivity index is 1.61. The topological polar surface area (TPSA) is 78.1 Å². The fourth-order valence-corrected chi connectivity index (χ4v) is 4.44. The molecular formula is C26H28ClFN4O2. The molecular weight excluding hydrogens is 455 g/mol. The lowest BCUT2D eigenvalue weighted by Crippen LogP contribution is -2.27. The summed E-state index contributed by atoms with van der Waals surface area (Å²) >= 11 is 6.05. The van der Waals surface area contributed by atoms with Crippen molar-refractivity contribution in [1.29, 1.82) is 0 Å². The van der Waals surface area contributed by atoms with Crippen molar-refractivity contribution < 1.29 is 9.18 Å². The summed E-state index contributed by atoms with van der Waals surface area (Å²) in [6, 6.07) is 9.40. The van der Waals surface area contributed by atoms with Crippen LogP contribution in [-0.2, 0) is 11.2 Å². The lowest BCUT2D eigenvalue weighted by Gasteiger charge is -2.17. The quantitative estimate of drug-likeness (QED) is 0.455. The lowest BCUT2D eigenvalue weighted by atomic mass is 10.0. The Hall–Kier alpha value is -3.03. The van der Waals surface area contributed by atoms with Crippen LogP contribution >= 0.6 is 11.6 Å². The van der Waals surface area contributed by atoms with Crippen molar-refractivity contribution in [1.82, 2.24) is 14.9 Å². The van der Waals surface area contributed by atoms with Gasteiger partial charge < -0.3 is 10.3 Å². The molecule has 2 N–H and O–H groups in total. The minimum atomic E-state index is -0.527. The third-order valence-corrected chi connectivity index (χ3v) is 6.18. The number of carbonyl (C=O) groups is 1. The van der Waals surface area contributed by atoms with E-state index in [9.17, 15) is 14.0 Å². The first-order chi connectivity index (χ1) is 16.3. The minimum Gasteiger partial charge on any atom is -0.354 e. The van der Waals surface area contributed by atoms with E-state index in [0.717, 1.165) is 31.6 Å². The number of hydrogen-bond acceptors (Lipinski definition) is 5. The van der Waals surface area contributed by atoms with E-state index >= 15 is 0 Å². The van der Waals surface area contributed by atoms with E-state index in [1.54, 1.807) is 18.3 Å². The Bertz CT molecular complexity index is 1250. The number of Topliss-reactive ketones (excluding diaryl/α,β-unsaturated/α-hetero) is 1. The molecule has 0 spiro atoms. The molecule has 0 radical (unpaired) electrons. The van der Waals surface area contributed by atoms with Crippen LogP contribution in [0.2, 0.25) is 5.02 Å². The van der Waals surface area contributed by atoms with Gasteiger partial charge in [0.1, 0.15) is 5.82 Å². The first-order valence-corrected chi connectivity index (χ1v) is 11.9. The molecule has 1 fully saturated rings. The first kappa shape index (κ1) is 24.1. The van der Waals surface area contributed by atoms with Crippen LogP contribution in [0.1, 0.15) is 44.0 Å². The summed E-state index contributed by atoms with van der Waals surface area (Å²) in [4.78, 5) is 34.7. The molecule has 1 saturated heterocycles. The minimum absolute atomic E-state index is 0.0109. The maximum Gasteiger partial charge on any atom is 0.256 e. The summed E-state index contributed by atoms with van der Waals surface area (Å²) in [7, 11) is 0. The number of likely N-dealkylation sites (tertiary alicyclic amines) is 1. The van der Waals surface area contributed by atoms with Crippen molar-refractivity contribution in [2.24, 2.45) is 0 Å². The molecule has 4 rings (SSSR count).